The first kappa shape index (κ1) is 30.3. The SMILES string of the molecule is N#Cc1cnc2c(N[C@@H](c3ccccc3)c3cn([C@@H]4CCN(C5COC5)C[C@H]4O)nn3)cc(Cl)cc2c1Nc1ccc(F)c(Cl)c1. The van der Waals surface area contributed by atoms with E-state index in [1.54, 1.807) is 16.8 Å². The molecule has 3 atom stereocenters. The number of benzene rings is 3. The first-order valence-corrected chi connectivity index (χ1v) is 15.6. The maximum absolute atomic E-state index is 13.9. The fourth-order valence-electron chi connectivity index (χ4n) is 6.05. The Morgan fingerprint density at radius 1 is 1.11 bits per heavy atom. The van der Waals surface area contributed by atoms with Gasteiger partial charge in [-0.15, -0.1) is 5.10 Å². The summed E-state index contributed by atoms with van der Waals surface area (Å²) in [4.78, 5) is 6.91. The van der Waals surface area contributed by atoms with Crippen molar-refractivity contribution >= 4 is 51.2 Å². The minimum absolute atomic E-state index is 0.0490. The van der Waals surface area contributed by atoms with Gasteiger partial charge in [0.25, 0.3) is 0 Å². The predicted molar refractivity (Wildman–Crippen MR) is 174 cm³/mol. The van der Waals surface area contributed by atoms with Crippen LogP contribution in [0.25, 0.3) is 10.9 Å². The number of aliphatic hydroxyl groups is 1. The van der Waals surface area contributed by atoms with Crippen molar-refractivity contribution in [2.75, 3.05) is 36.9 Å². The molecule has 0 radical (unpaired) electrons. The van der Waals surface area contributed by atoms with Crippen molar-refractivity contribution in [1.82, 2.24) is 24.9 Å². The number of β-amino-alcohol motifs (C(OH)–C–C–N with tert-alkyl or cyclic N) is 1. The molecule has 2 saturated heterocycles. The average Bonchev–Trinajstić information content (AvgIpc) is 3.51. The number of nitrogens with zero attached hydrogens (tertiary/aromatic N) is 6. The summed E-state index contributed by atoms with van der Waals surface area (Å²) in [5.74, 6) is -0.547. The van der Waals surface area contributed by atoms with Crippen LogP contribution in [0.1, 0.15) is 35.3 Å². The summed E-state index contributed by atoms with van der Waals surface area (Å²) in [6.07, 6.45) is 3.50. The zero-order chi connectivity index (χ0) is 31.8. The van der Waals surface area contributed by atoms with Gasteiger partial charge in [-0.3, -0.25) is 9.88 Å². The van der Waals surface area contributed by atoms with Crippen LogP contribution in [0.3, 0.4) is 0 Å². The largest absolute Gasteiger partial charge is 0.390 e. The monoisotopic (exact) mass is 658 g/mol. The normalized spacial score (nSPS) is 19.4. The summed E-state index contributed by atoms with van der Waals surface area (Å²) in [6, 6.07) is 19.4. The lowest BCUT2D eigenvalue weighted by atomic mass is 9.99. The Bertz CT molecular complexity index is 1930. The molecule has 4 heterocycles. The molecule has 234 valence electrons. The Morgan fingerprint density at radius 3 is 2.65 bits per heavy atom. The van der Waals surface area contributed by atoms with Crippen molar-refractivity contribution in [2.24, 2.45) is 0 Å². The van der Waals surface area contributed by atoms with Crippen molar-refractivity contribution in [1.29, 1.82) is 5.26 Å². The molecule has 0 amide bonds. The smallest absolute Gasteiger partial charge is 0.141 e. The summed E-state index contributed by atoms with van der Waals surface area (Å²) in [5.41, 5.74) is 3.96. The van der Waals surface area contributed by atoms with Crippen molar-refractivity contribution in [3.8, 4) is 6.07 Å². The molecule has 0 aliphatic carbocycles. The molecule has 2 aromatic heterocycles. The molecular formula is C33H29Cl2FN8O2. The second kappa shape index (κ2) is 12.8. The summed E-state index contributed by atoms with van der Waals surface area (Å²) in [5, 5.41) is 37.7. The number of likely N-dealkylation sites (tertiary alicyclic amines) is 1. The van der Waals surface area contributed by atoms with Gasteiger partial charge in [-0.1, -0.05) is 58.7 Å². The van der Waals surface area contributed by atoms with E-state index in [9.17, 15) is 14.8 Å². The van der Waals surface area contributed by atoms with Crippen LogP contribution in [-0.2, 0) is 4.74 Å². The Hall–Kier alpha value is -4.31. The Morgan fingerprint density at radius 2 is 1.93 bits per heavy atom. The van der Waals surface area contributed by atoms with Gasteiger partial charge in [-0.2, -0.15) is 5.26 Å². The van der Waals surface area contributed by atoms with Gasteiger partial charge in [0.2, 0.25) is 0 Å². The van der Waals surface area contributed by atoms with Gasteiger partial charge in [0.15, 0.2) is 0 Å². The topological polar surface area (TPSA) is 124 Å². The van der Waals surface area contributed by atoms with Crippen LogP contribution in [0.5, 0.6) is 0 Å². The van der Waals surface area contributed by atoms with Crippen molar-refractivity contribution < 1.29 is 14.2 Å². The molecule has 0 unspecified atom stereocenters. The highest BCUT2D eigenvalue weighted by Gasteiger charge is 2.36. The maximum atomic E-state index is 13.9. The Balaban J connectivity index is 1.23. The lowest BCUT2D eigenvalue weighted by molar-refractivity contribution is -0.0947. The van der Waals surface area contributed by atoms with Gasteiger partial charge < -0.3 is 20.5 Å². The maximum Gasteiger partial charge on any atom is 0.141 e. The standard InChI is InChI=1S/C33H29Cl2FN8O2/c34-21-10-24-31(39-22-6-7-26(36)25(35)12-22)20(13-37)14-38-33(24)27(11-21)40-32(19-4-2-1-3-5-19)28-15-44(42-41-28)29-8-9-43(16-30(29)45)23-17-46-18-23/h1-7,10-12,14-15,23,29-30,32,40,45H,8-9,16-18H2,(H,38,39)/t29-,30-,32+/m1/s1. The molecule has 7 rings (SSSR count). The van der Waals surface area contributed by atoms with Crippen LogP contribution < -0.4 is 10.6 Å². The molecule has 0 bridgehead atoms. The van der Waals surface area contributed by atoms with Gasteiger partial charge >= 0.3 is 0 Å². The highest BCUT2D eigenvalue weighted by Crippen LogP contribution is 2.38. The Kier molecular flexibility index (Phi) is 8.46. The third kappa shape index (κ3) is 5.98. The number of halogens is 3. The number of aliphatic hydroxyl groups excluding tert-OH is 1. The van der Waals surface area contributed by atoms with E-state index < -0.39 is 18.0 Å². The van der Waals surface area contributed by atoms with Crippen molar-refractivity contribution in [2.45, 2.75) is 30.7 Å². The Labute approximate surface area is 274 Å². The number of nitriles is 1. The number of hydrogen-bond donors (Lipinski definition) is 3. The zero-order valence-corrected chi connectivity index (χ0v) is 26.0. The van der Waals surface area contributed by atoms with Gasteiger partial charge in [0.1, 0.15) is 17.6 Å². The number of nitrogens with one attached hydrogen (secondary N) is 2. The van der Waals surface area contributed by atoms with Crippen LogP contribution in [0.4, 0.5) is 21.5 Å². The number of piperidine rings is 1. The first-order valence-electron chi connectivity index (χ1n) is 14.9. The van der Waals surface area contributed by atoms with Crippen LogP contribution in [0.2, 0.25) is 10.0 Å². The van der Waals surface area contributed by atoms with Crippen LogP contribution >= 0.6 is 23.2 Å². The summed E-state index contributed by atoms with van der Waals surface area (Å²) >= 11 is 12.7. The van der Waals surface area contributed by atoms with Gasteiger partial charge in [0.05, 0.1) is 71.1 Å². The highest BCUT2D eigenvalue weighted by atomic mass is 35.5. The summed E-state index contributed by atoms with van der Waals surface area (Å²) < 4.78 is 20.9. The fraction of sp³-hybridized carbons (Fsp3) is 0.273. The van der Waals surface area contributed by atoms with Crippen LogP contribution in [0.15, 0.2) is 73.1 Å². The number of fused-ring (bicyclic) bond motifs is 1. The molecule has 3 N–H and O–H groups in total. The van der Waals surface area contributed by atoms with Crippen LogP contribution in [0, 0.1) is 17.1 Å². The molecule has 5 aromatic rings. The molecule has 46 heavy (non-hydrogen) atoms. The number of aromatic nitrogens is 4. The van der Waals surface area contributed by atoms with Crippen molar-refractivity contribution in [3.05, 3.63) is 106 Å². The lowest BCUT2D eigenvalue weighted by Crippen LogP contribution is -2.55. The molecule has 0 spiro atoms. The zero-order valence-electron chi connectivity index (χ0n) is 24.4. The lowest BCUT2D eigenvalue weighted by Gasteiger charge is -2.43. The molecule has 2 aliphatic rings. The van der Waals surface area contributed by atoms with E-state index in [4.69, 9.17) is 27.9 Å². The highest BCUT2D eigenvalue weighted by molar-refractivity contribution is 6.32. The number of anilines is 3. The minimum atomic E-state index is -0.593. The molecule has 0 saturated carbocycles. The quantitative estimate of drug-likeness (QED) is 0.181. The number of ether oxygens (including phenoxy) is 1. The van der Waals surface area contributed by atoms with E-state index in [2.05, 4.69) is 36.9 Å². The summed E-state index contributed by atoms with van der Waals surface area (Å²) in [6.45, 7) is 2.81. The molecule has 13 heteroatoms. The van der Waals surface area contributed by atoms with E-state index in [0.717, 1.165) is 18.5 Å². The third-order valence-electron chi connectivity index (χ3n) is 8.56. The molecular weight excluding hydrogens is 630 g/mol. The molecule has 2 aliphatic heterocycles. The van der Waals surface area contributed by atoms with E-state index in [1.807, 2.05) is 36.5 Å². The van der Waals surface area contributed by atoms with Gasteiger partial charge in [0, 0.05) is 35.4 Å². The second-order valence-corrected chi connectivity index (χ2v) is 12.3. The van der Waals surface area contributed by atoms with E-state index in [1.165, 1.54) is 24.4 Å². The van der Waals surface area contributed by atoms with E-state index >= 15 is 0 Å². The first-order chi connectivity index (χ1) is 22.4. The number of rotatable bonds is 8. The fourth-order valence-corrected chi connectivity index (χ4v) is 6.45. The minimum Gasteiger partial charge on any atom is -0.390 e. The third-order valence-corrected chi connectivity index (χ3v) is 9.06. The van der Waals surface area contributed by atoms with Crippen molar-refractivity contribution in [3.63, 3.8) is 0 Å². The molecule has 2 fully saturated rings. The number of pyridine rings is 1. The molecule has 3 aromatic carbocycles. The predicted octanol–water partition coefficient (Wildman–Crippen LogP) is 6.10. The molecule has 10 nitrogen and oxygen atoms in total. The number of hydrogen-bond acceptors (Lipinski definition) is 9. The van der Waals surface area contributed by atoms with E-state index in [0.29, 0.717) is 64.5 Å². The van der Waals surface area contributed by atoms with Gasteiger partial charge in [-0.25, -0.2) is 9.07 Å². The second-order valence-electron chi connectivity index (χ2n) is 11.5. The average molecular weight is 660 g/mol. The summed E-state index contributed by atoms with van der Waals surface area (Å²) in [7, 11) is 0. The van der Waals surface area contributed by atoms with Crippen LogP contribution in [-0.4, -0.2) is 68.4 Å². The van der Waals surface area contributed by atoms with E-state index in [-0.39, 0.29) is 16.6 Å². The van der Waals surface area contributed by atoms with Gasteiger partial charge in [-0.05, 0) is 42.3 Å².